The standard InChI is InChI=1S/C20H22N2O3/c1-12(2)14-8-5-6-10-16(14)21-19(24)20(25)22-18-15-9-4-3-7-13(15)11-17(18)23/h3-10,12,17-18,23H,11H2,1-2H3,(H,21,24)(H,22,25). The van der Waals surface area contributed by atoms with Gasteiger partial charge in [-0.05, 0) is 28.7 Å². The molecule has 5 nitrogen and oxygen atoms in total. The minimum absolute atomic E-state index is 0.225. The van der Waals surface area contributed by atoms with Gasteiger partial charge in [0.25, 0.3) is 0 Å². The number of carbonyl (C=O) groups excluding carboxylic acids is 2. The number of aliphatic hydroxyl groups excluding tert-OH is 1. The van der Waals surface area contributed by atoms with Gasteiger partial charge in [0.1, 0.15) is 0 Å². The van der Waals surface area contributed by atoms with E-state index in [0.29, 0.717) is 12.1 Å². The molecule has 0 spiro atoms. The van der Waals surface area contributed by atoms with Crippen molar-refractivity contribution in [2.24, 2.45) is 0 Å². The Hall–Kier alpha value is -2.66. The highest BCUT2D eigenvalue weighted by atomic mass is 16.3. The van der Waals surface area contributed by atoms with Gasteiger partial charge in [0.2, 0.25) is 0 Å². The third-order valence-corrected chi connectivity index (χ3v) is 4.53. The van der Waals surface area contributed by atoms with Gasteiger partial charge in [0.15, 0.2) is 0 Å². The first-order valence-electron chi connectivity index (χ1n) is 8.44. The number of nitrogens with one attached hydrogen (secondary N) is 2. The molecule has 2 aromatic rings. The van der Waals surface area contributed by atoms with E-state index in [1.165, 1.54) is 0 Å². The Bertz CT molecular complexity index is 801. The summed E-state index contributed by atoms with van der Waals surface area (Å²) in [5, 5.41) is 15.5. The molecule has 1 aliphatic carbocycles. The summed E-state index contributed by atoms with van der Waals surface area (Å²) in [6, 6.07) is 14.4. The van der Waals surface area contributed by atoms with Gasteiger partial charge in [-0.25, -0.2) is 0 Å². The van der Waals surface area contributed by atoms with Crippen molar-refractivity contribution in [3.8, 4) is 0 Å². The summed E-state index contributed by atoms with van der Waals surface area (Å²) >= 11 is 0. The highest BCUT2D eigenvalue weighted by Crippen LogP contribution is 2.31. The molecule has 1 aliphatic rings. The Morgan fingerprint density at radius 1 is 1.04 bits per heavy atom. The van der Waals surface area contributed by atoms with E-state index >= 15 is 0 Å². The van der Waals surface area contributed by atoms with E-state index in [-0.39, 0.29) is 5.92 Å². The maximum Gasteiger partial charge on any atom is 0.313 e. The van der Waals surface area contributed by atoms with Crippen molar-refractivity contribution in [3.63, 3.8) is 0 Å². The van der Waals surface area contributed by atoms with Crippen molar-refractivity contribution < 1.29 is 14.7 Å². The molecule has 2 unspecified atom stereocenters. The summed E-state index contributed by atoms with van der Waals surface area (Å²) < 4.78 is 0. The third kappa shape index (κ3) is 3.56. The molecule has 130 valence electrons. The number of benzene rings is 2. The molecule has 0 aromatic heterocycles. The molecule has 0 aliphatic heterocycles. The van der Waals surface area contributed by atoms with Gasteiger partial charge < -0.3 is 15.7 Å². The van der Waals surface area contributed by atoms with Crippen molar-refractivity contribution in [3.05, 3.63) is 65.2 Å². The Morgan fingerprint density at radius 3 is 2.48 bits per heavy atom. The van der Waals surface area contributed by atoms with E-state index in [4.69, 9.17) is 0 Å². The first-order chi connectivity index (χ1) is 12.0. The van der Waals surface area contributed by atoms with Crippen molar-refractivity contribution in [1.29, 1.82) is 0 Å². The van der Waals surface area contributed by atoms with Crippen LogP contribution in [0.1, 0.15) is 42.5 Å². The van der Waals surface area contributed by atoms with Crippen molar-refractivity contribution >= 4 is 17.5 Å². The van der Waals surface area contributed by atoms with Crippen LogP contribution in [0.5, 0.6) is 0 Å². The van der Waals surface area contributed by atoms with Crippen LogP contribution < -0.4 is 10.6 Å². The van der Waals surface area contributed by atoms with Crippen LogP contribution in [-0.4, -0.2) is 23.0 Å². The molecule has 2 amide bonds. The first kappa shape index (κ1) is 17.2. The molecule has 0 radical (unpaired) electrons. The zero-order valence-corrected chi connectivity index (χ0v) is 14.3. The van der Waals surface area contributed by atoms with Crippen molar-refractivity contribution in [2.45, 2.75) is 38.3 Å². The summed E-state index contributed by atoms with van der Waals surface area (Å²) in [7, 11) is 0. The largest absolute Gasteiger partial charge is 0.390 e. The van der Waals surface area contributed by atoms with Crippen molar-refractivity contribution in [1.82, 2.24) is 5.32 Å². The normalized spacial score (nSPS) is 18.7. The van der Waals surface area contributed by atoms with Gasteiger partial charge >= 0.3 is 11.8 Å². The van der Waals surface area contributed by atoms with E-state index in [0.717, 1.165) is 16.7 Å². The van der Waals surface area contributed by atoms with Crippen LogP contribution >= 0.6 is 0 Å². The average molecular weight is 338 g/mol. The summed E-state index contributed by atoms with van der Waals surface area (Å²) in [5.74, 6) is -1.26. The fourth-order valence-electron chi connectivity index (χ4n) is 3.25. The van der Waals surface area contributed by atoms with Gasteiger partial charge in [-0.2, -0.15) is 0 Å². The molecule has 2 atom stereocenters. The van der Waals surface area contributed by atoms with E-state index < -0.39 is 24.0 Å². The van der Waals surface area contributed by atoms with Crippen LogP contribution in [0.3, 0.4) is 0 Å². The summed E-state index contributed by atoms with van der Waals surface area (Å²) in [6.07, 6.45) is -0.254. The number of amides is 2. The third-order valence-electron chi connectivity index (χ3n) is 4.53. The van der Waals surface area contributed by atoms with Crippen LogP contribution in [0.2, 0.25) is 0 Å². The summed E-state index contributed by atoms with van der Waals surface area (Å²) in [4.78, 5) is 24.6. The van der Waals surface area contributed by atoms with Gasteiger partial charge in [0.05, 0.1) is 12.1 Å². The van der Waals surface area contributed by atoms with Crippen LogP contribution in [0, 0.1) is 0 Å². The molecule has 0 heterocycles. The molecular weight excluding hydrogens is 316 g/mol. The monoisotopic (exact) mass is 338 g/mol. The van der Waals surface area contributed by atoms with Crippen LogP contribution in [0.25, 0.3) is 0 Å². The molecular formula is C20H22N2O3. The lowest BCUT2D eigenvalue weighted by Crippen LogP contribution is -2.40. The van der Waals surface area contributed by atoms with Gasteiger partial charge in [-0.3, -0.25) is 9.59 Å². The number of carbonyl (C=O) groups is 2. The van der Waals surface area contributed by atoms with E-state index in [9.17, 15) is 14.7 Å². The van der Waals surface area contributed by atoms with E-state index in [1.54, 1.807) is 6.07 Å². The Balaban J connectivity index is 1.71. The SMILES string of the molecule is CC(C)c1ccccc1NC(=O)C(=O)NC1c2ccccc2CC1O. The predicted molar refractivity (Wildman–Crippen MR) is 96.2 cm³/mol. The number of anilines is 1. The zero-order valence-electron chi connectivity index (χ0n) is 14.3. The molecule has 3 rings (SSSR count). The van der Waals surface area contributed by atoms with Gasteiger partial charge in [0, 0.05) is 12.1 Å². The number of rotatable bonds is 3. The molecule has 0 saturated heterocycles. The van der Waals surface area contributed by atoms with Crippen LogP contribution in [0.4, 0.5) is 5.69 Å². The molecule has 0 saturated carbocycles. The highest BCUT2D eigenvalue weighted by molar-refractivity contribution is 6.39. The van der Waals surface area contributed by atoms with Crippen molar-refractivity contribution in [2.75, 3.05) is 5.32 Å². The van der Waals surface area contributed by atoms with E-state index in [2.05, 4.69) is 10.6 Å². The number of hydrogen-bond donors (Lipinski definition) is 3. The molecule has 25 heavy (non-hydrogen) atoms. The molecule has 2 aromatic carbocycles. The lowest BCUT2D eigenvalue weighted by Gasteiger charge is -2.18. The lowest BCUT2D eigenvalue weighted by molar-refractivity contribution is -0.137. The summed E-state index contributed by atoms with van der Waals surface area (Å²) in [5.41, 5.74) is 3.45. The number of hydrogen-bond acceptors (Lipinski definition) is 3. The molecule has 3 N–H and O–H groups in total. The maximum atomic E-state index is 12.3. The van der Waals surface area contributed by atoms with Gasteiger partial charge in [-0.1, -0.05) is 56.3 Å². The molecule has 0 bridgehead atoms. The Morgan fingerprint density at radius 2 is 1.72 bits per heavy atom. The fraction of sp³-hybridized carbons (Fsp3) is 0.300. The highest BCUT2D eigenvalue weighted by Gasteiger charge is 2.33. The van der Waals surface area contributed by atoms with Crippen LogP contribution in [0.15, 0.2) is 48.5 Å². The number of aliphatic hydroxyl groups is 1. The minimum Gasteiger partial charge on any atom is -0.390 e. The maximum absolute atomic E-state index is 12.3. The van der Waals surface area contributed by atoms with Gasteiger partial charge in [-0.15, -0.1) is 0 Å². The second kappa shape index (κ2) is 7.07. The predicted octanol–water partition coefficient (Wildman–Crippen LogP) is 2.52. The minimum atomic E-state index is -0.751. The smallest absolute Gasteiger partial charge is 0.313 e. The Kier molecular flexibility index (Phi) is 4.86. The second-order valence-electron chi connectivity index (χ2n) is 6.62. The Labute approximate surface area is 147 Å². The fourth-order valence-corrected chi connectivity index (χ4v) is 3.25. The topological polar surface area (TPSA) is 78.4 Å². The summed E-state index contributed by atoms with van der Waals surface area (Å²) in [6.45, 7) is 4.05. The molecule has 0 fully saturated rings. The number of fused-ring (bicyclic) bond motifs is 1. The lowest BCUT2D eigenvalue weighted by atomic mass is 10.0. The second-order valence-corrected chi connectivity index (χ2v) is 6.62. The zero-order chi connectivity index (χ0) is 18.0. The van der Waals surface area contributed by atoms with Crippen LogP contribution in [-0.2, 0) is 16.0 Å². The first-order valence-corrected chi connectivity index (χ1v) is 8.44. The molecule has 5 heteroatoms. The number of para-hydroxylation sites is 1. The average Bonchev–Trinajstić information content (AvgIpc) is 2.91. The van der Waals surface area contributed by atoms with E-state index in [1.807, 2.05) is 56.3 Å². The quantitative estimate of drug-likeness (QED) is 0.753.